The topological polar surface area (TPSA) is 66.5 Å². The van der Waals surface area contributed by atoms with Crippen LogP contribution in [0, 0.1) is 5.92 Å². The Morgan fingerprint density at radius 3 is 2.72 bits per heavy atom. The monoisotopic (exact) mass is 364 g/mol. The van der Waals surface area contributed by atoms with E-state index in [1.165, 1.54) is 30.2 Å². The molecule has 1 amide bonds. The molecule has 0 aromatic heterocycles. The van der Waals surface area contributed by atoms with Crippen molar-refractivity contribution in [3.63, 3.8) is 0 Å². The van der Waals surface area contributed by atoms with Crippen molar-refractivity contribution >= 4 is 15.9 Å². The Hall–Kier alpha value is -1.40. The van der Waals surface area contributed by atoms with Crippen LogP contribution in [0.2, 0.25) is 0 Å². The molecule has 0 unspecified atom stereocenters. The minimum absolute atomic E-state index is 0.153. The normalized spacial score (nSPS) is 21.0. The number of amides is 1. The molecular weight excluding hydrogens is 336 g/mol. The summed E-state index contributed by atoms with van der Waals surface area (Å²) in [6.45, 7) is 1.84. The van der Waals surface area contributed by atoms with Crippen LogP contribution in [-0.4, -0.2) is 45.1 Å². The lowest BCUT2D eigenvalue weighted by Crippen LogP contribution is -2.44. The predicted molar refractivity (Wildman–Crippen MR) is 98.9 cm³/mol. The van der Waals surface area contributed by atoms with E-state index in [0.717, 1.165) is 37.8 Å². The van der Waals surface area contributed by atoms with Gasteiger partial charge in [0.15, 0.2) is 0 Å². The van der Waals surface area contributed by atoms with Crippen LogP contribution in [0.3, 0.4) is 0 Å². The van der Waals surface area contributed by atoms with Gasteiger partial charge in [-0.2, -0.15) is 0 Å². The summed E-state index contributed by atoms with van der Waals surface area (Å²) < 4.78 is 25.1. The molecule has 0 saturated carbocycles. The summed E-state index contributed by atoms with van der Waals surface area (Å²) in [5.41, 5.74) is 3.94. The SMILES string of the molecule is CS(=O)(=O)NC[C@H]1CCCN(C(=O)Cc2ccc3c(c2)CCCC3)C1. The third-order valence-electron chi connectivity index (χ3n) is 5.27. The van der Waals surface area contributed by atoms with Gasteiger partial charge in [0.25, 0.3) is 0 Å². The summed E-state index contributed by atoms with van der Waals surface area (Å²) in [5, 5.41) is 0. The Kier molecular flexibility index (Phi) is 5.79. The fraction of sp³-hybridized carbons (Fsp3) is 0.632. The van der Waals surface area contributed by atoms with E-state index in [9.17, 15) is 13.2 Å². The standard InChI is InChI=1S/C19H28N2O3S/c1-25(23,24)20-13-16-5-4-10-21(14-16)19(22)12-15-8-9-17-6-2-3-7-18(17)11-15/h8-9,11,16,20H,2-7,10,12-14H2,1H3/t16-/m1/s1. The second kappa shape index (κ2) is 7.87. The van der Waals surface area contributed by atoms with E-state index in [0.29, 0.717) is 19.5 Å². The maximum absolute atomic E-state index is 12.7. The zero-order valence-electron chi connectivity index (χ0n) is 15.0. The average Bonchev–Trinajstić information content (AvgIpc) is 2.59. The molecular formula is C19H28N2O3S. The van der Waals surface area contributed by atoms with Gasteiger partial charge in [-0.15, -0.1) is 0 Å². The van der Waals surface area contributed by atoms with Gasteiger partial charge in [0, 0.05) is 19.6 Å². The van der Waals surface area contributed by atoms with Crippen molar-refractivity contribution in [1.29, 1.82) is 0 Å². The number of sulfonamides is 1. The average molecular weight is 365 g/mol. The summed E-state index contributed by atoms with van der Waals surface area (Å²) in [5.74, 6) is 0.357. The van der Waals surface area contributed by atoms with Gasteiger partial charge < -0.3 is 4.90 Å². The van der Waals surface area contributed by atoms with E-state index in [4.69, 9.17) is 0 Å². The Labute approximate surface area is 150 Å². The Morgan fingerprint density at radius 1 is 1.20 bits per heavy atom. The van der Waals surface area contributed by atoms with Gasteiger partial charge in [-0.3, -0.25) is 4.79 Å². The van der Waals surface area contributed by atoms with E-state index < -0.39 is 10.0 Å². The minimum atomic E-state index is -3.17. The van der Waals surface area contributed by atoms with Gasteiger partial charge in [0.1, 0.15) is 0 Å². The molecule has 1 fully saturated rings. The quantitative estimate of drug-likeness (QED) is 0.868. The van der Waals surface area contributed by atoms with Crippen LogP contribution in [0.15, 0.2) is 18.2 Å². The Balaban J connectivity index is 1.57. The highest BCUT2D eigenvalue weighted by Gasteiger charge is 2.24. The first-order valence-corrected chi connectivity index (χ1v) is 11.1. The number of hydrogen-bond acceptors (Lipinski definition) is 3. The number of rotatable bonds is 5. The second-order valence-electron chi connectivity index (χ2n) is 7.46. The molecule has 3 rings (SSSR count). The van der Waals surface area contributed by atoms with Crippen LogP contribution in [0.25, 0.3) is 0 Å². The third-order valence-corrected chi connectivity index (χ3v) is 5.97. The van der Waals surface area contributed by atoms with Crippen molar-refractivity contribution in [3.8, 4) is 0 Å². The minimum Gasteiger partial charge on any atom is -0.342 e. The lowest BCUT2D eigenvalue weighted by molar-refractivity contribution is -0.132. The van der Waals surface area contributed by atoms with Crippen molar-refractivity contribution in [2.24, 2.45) is 5.92 Å². The molecule has 138 valence electrons. The van der Waals surface area contributed by atoms with Crippen LogP contribution < -0.4 is 4.72 Å². The molecule has 5 nitrogen and oxygen atoms in total. The van der Waals surface area contributed by atoms with Crippen LogP contribution in [0.4, 0.5) is 0 Å². The van der Waals surface area contributed by atoms with Crippen molar-refractivity contribution in [2.75, 3.05) is 25.9 Å². The van der Waals surface area contributed by atoms with Gasteiger partial charge in [-0.1, -0.05) is 18.2 Å². The summed E-state index contributed by atoms with van der Waals surface area (Å²) in [4.78, 5) is 14.6. The smallest absolute Gasteiger partial charge is 0.226 e. The number of fused-ring (bicyclic) bond motifs is 1. The summed E-state index contributed by atoms with van der Waals surface area (Å²) in [6, 6.07) is 6.49. The maximum atomic E-state index is 12.7. The molecule has 25 heavy (non-hydrogen) atoms. The van der Waals surface area contributed by atoms with E-state index in [1.807, 2.05) is 4.90 Å². The highest BCUT2D eigenvalue weighted by atomic mass is 32.2. The van der Waals surface area contributed by atoms with Gasteiger partial charge in [-0.25, -0.2) is 13.1 Å². The molecule has 1 aromatic carbocycles. The molecule has 6 heteroatoms. The van der Waals surface area contributed by atoms with Crippen molar-refractivity contribution in [2.45, 2.75) is 44.9 Å². The third kappa shape index (κ3) is 5.28. The van der Waals surface area contributed by atoms with Crippen molar-refractivity contribution < 1.29 is 13.2 Å². The summed E-state index contributed by atoms with van der Waals surface area (Å²) in [6.07, 6.45) is 8.31. The molecule has 1 aromatic rings. The van der Waals surface area contributed by atoms with Crippen molar-refractivity contribution in [1.82, 2.24) is 9.62 Å². The fourth-order valence-electron chi connectivity index (χ4n) is 3.91. The first kappa shape index (κ1) is 18.4. The highest BCUT2D eigenvalue weighted by Crippen LogP contribution is 2.23. The van der Waals surface area contributed by atoms with Gasteiger partial charge >= 0.3 is 0 Å². The fourth-order valence-corrected chi connectivity index (χ4v) is 4.45. The number of aryl methyl sites for hydroxylation is 2. The number of benzene rings is 1. The van der Waals surface area contributed by atoms with E-state index >= 15 is 0 Å². The van der Waals surface area contributed by atoms with Crippen LogP contribution >= 0.6 is 0 Å². The summed E-state index contributed by atoms with van der Waals surface area (Å²) in [7, 11) is -3.17. The Morgan fingerprint density at radius 2 is 1.96 bits per heavy atom. The number of nitrogens with one attached hydrogen (secondary N) is 1. The number of hydrogen-bond donors (Lipinski definition) is 1. The van der Waals surface area contributed by atoms with Gasteiger partial charge in [0.2, 0.25) is 15.9 Å². The van der Waals surface area contributed by atoms with Crippen LogP contribution in [0.5, 0.6) is 0 Å². The van der Waals surface area contributed by atoms with Gasteiger partial charge in [0.05, 0.1) is 12.7 Å². The molecule has 0 radical (unpaired) electrons. The zero-order chi connectivity index (χ0) is 17.9. The number of carbonyl (C=O) groups excluding carboxylic acids is 1. The van der Waals surface area contributed by atoms with Crippen molar-refractivity contribution in [3.05, 3.63) is 34.9 Å². The molecule has 0 spiro atoms. The van der Waals surface area contributed by atoms with E-state index in [2.05, 4.69) is 22.9 Å². The first-order chi connectivity index (χ1) is 11.9. The summed E-state index contributed by atoms with van der Waals surface area (Å²) >= 11 is 0. The zero-order valence-corrected chi connectivity index (χ0v) is 15.8. The first-order valence-electron chi connectivity index (χ1n) is 9.24. The highest BCUT2D eigenvalue weighted by molar-refractivity contribution is 7.88. The number of nitrogens with zero attached hydrogens (tertiary/aromatic N) is 1. The predicted octanol–water partition coefficient (Wildman–Crippen LogP) is 1.90. The largest absolute Gasteiger partial charge is 0.342 e. The molecule has 1 aliphatic heterocycles. The van der Waals surface area contributed by atoms with Gasteiger partial charge in [-0.05, 0) is 61.1 Å². The van der Waals surface area contributed by atoms with Crippen LogP contribution in [0.1, 0.15) is 42.4 Å². The lowest BCUT2D eigenvalue weighted by atomic mass is 9.90. The van der Waals surface area contributed by atoms with E-state index in [1.54, 1.807) is 0 Å². The molecule has 1 N–H and O–H groups in total. The van der Waals surface area contributed by atoms with Crippen LogP contribution in [-0.2, 0) is 34.1 Å². The second-order valence-corrected chi connectivity index (χ2v) is 9.29. The maximum Gasteiger partial charge on any atom is 0.226 e. The number of likely N-dealkylation sites (tertiary alicyclic amines) is 1. The lowest BCUT2D eigenvalue weighted by Gasteiger charge is -2.33. The molecule has 1 atom stereocenters. The molecule has 2 aliphatic rings. The van der Waals surface area contributed by atoms with E-state index in [-0.39, 0.29) is 11.8 Å². The Bertz CT molecular complexity index is 730. The number of carbonyl (C=O) groups is 1. The number of piperidine rings is 1. The molecule has 1 saturated heterocycles. The molecule has 1 aliphatic carbocycles. The molecule has 1 heterocycles. The molecule has 0 bridgehead atoms.